The van der Waals surface area contributed by atoms with Gasteiger partial charge in [0.1, 0.15) is 5.75 Å². The maximum absolute atomic E-state index is 13.0. The first-order valence-electron chi connectivity index (χ1n) is 13.4. The fraction of sp³-hybridized carbons (Fsp3) is 0.533. The average Bonchev–Trinajstić information content (AvgIpc) is 2.85. The van der Waals surface area contributed by atoms with Crippen LogP contribution < -0.4 is 20.7 Å². The molecular formula is C30H43N3O4. The summed E-state index contributed by atoms with van der Waals surface area (Å²) < 4.78 is 5.88. The van der Waals surface area contributed by atoms with Crippen molar-refractivity contribution in [2.45, 2.75) is 77.5 Å². The number of aliphatic hydroxyl groups excluding tert-OH is 1. The Kier molecular flexibility index (Phi) is 10.5. The molecule has 0 saturated heterocycles. The average molecular weight is 510 g/mol. The van der Waals surface area contributed by atoms with Crippen molar-refractivity contribution in [3.8, 4) is 5.75 Å². The monoisotopic (exact) mass is 509 g/mol. The predicted molar refractivity (Wildman–Crippen MR) is 146 cm³/mol. The quantitative estimate of drug-likeness (QED) is 0.495. The van der Waals surface area contributed by atoms with Crippen molar-refractivity contribution in [1.29, 1.82) is 0 Å². The van der Waals surface area contributed by atoms with Gasteiger partial charge in [0.25, 0.3) is 0 Å². The van der Waals surface area contributed by atoms with E-state index in [2.05, 4.69) is 61.0 Å². The molecule has 202 valence electrons. The van der Waals surface area contributed by atoms with Gasteiger partial charge in [0.05, 0.1) is 18.8 Å². The number of nitrogens with one attached hydrogen (secondary N) is 3. The minimum Gasteiger partial charge on any atom is -0.494 e. The van der Waals surface area contributed by atoms with Crippen LogP contribution in [0.5, 0.6) is 5.75 Å². The van der Waals surface area contributed by atoms with Crippen molar-refractivity contribution in [3.63, 3.8) is 0 Å². The van der Waals surface area contributed by atoms with Gasteiger partial charge in [0.2, 0.25) is 11.8 Å². The number of aliphatic hydroxyl groups is 1. The Morgan fingerprint density at radius 3 is 2.65 bits per heavy atom. The molecule has 2 amide bonds. The van der Waals surface area contributed by atoms with E-state index in [1.54, 1.807) is 6.92 Å². The third kappa shape index (κ3) is 9.48. The van der Waals surface area contributed by atoms with Crippen LogP contribution in [0.2, 0.25) is 0 Å². The Hall–Kier alpha value is -2.90. The Morgan fingerprint density at radius 2 is 1.86 bits per heavy atom. The first-order chi connectivity index (χ1) is 17.6. The second kappa shape index (κ2) is 13.6. The molecule has 0 unspecified atom stereocenters. The minimum atomic E-state index is -0.820. The summed E-state index contributed by atoms with van der Waals surface area (Å²) in [5.41, 5.74) is 3.44. The summed E-state index contributed by atoms with van der Waals surface area (Å²) in [4.78, 5) is 25.2. The van der Waals surface area contributed by atoms with Crippen molar-refractivity contribution in [2.24, 2.45) is 5.92 Å². The molecule has 4 N–H and O–H groups in total. The molecule has 0 aromatic heterocycles. The number of benzene rings is 2. The molecule has 7 heteroatoms. The van der Waals surface area contributed by atoms with Gasteiger partial charge < -0.3 is 25.8 Å². The van der Waals surface area contributed by atoms with E-state index in [0.29, 0.717) is 32.7 Å². The molecule has 2 aromatic rings. The van der Waals surface area contributed by atoms with Crippen molar-refractivity contribution in [2.75, 3.05) is 19.7 Å². The van der Waals surface area contributed by atoms with Crippen LogP contribution in [0.15, 0.2) is 48.5 Å². The van der Waals surface area contributed by atoms with Gasteiger partial charge in [0, 0.05) is 32.0 Å². The van der Waals surface area contributed by atoms with Gasteiger partial charge in [-0.2, -0.15) is 0 Å². The van der Waals surface area contributed by atoms with Gasteiger partial charge in [-0.1, -0.05) is 64.1 Å². The SMILES string of the molecule is C[C@@H]1CC(=O)NCCCCOc2cccc(c2)C[C@@H]([C@H](O)CNCc2cccc(C(C)(C)C)c2)NC1=O. The highest BCUT2D eigenvalue weighted by atomic mass is 16.5. The van der Waals surface area contributed by atoms with E-state index < -0.39 is 18.1 Å². The predicted octanol–water partition coefficient (Wildman–Crippen LogP) is 3.48. The maximum atomic E-state index is 13.0. The molecular weight excluding hydrogens is 466 g/mol. The zero-order valence-corrected chi connectivity index (χ0v) is 22.7. The second-order valence-corrected chi connectivity index (χ2v) is 11.1. The number of fused-ring (bicyclic) bond motifs is 2. The summed E-state index contributed by atoms with van der Waals surface area (Å²) in [7, 11) is 0. The lowest BCUT2D eigenvalue weighted by molar-refractivity contribution is -0.130. The molecule has 0 aliphatic carbocycles. The lowest BCUT2D eigenvalue weighted by Crippen LogP contribution is -2.50. The van der Waals surface area contributed by atoms with Crippen molar-refractivity contribution >= 4 is 11.8 Å². The van der Waals surface area contributed by atoms with E-state index in [1.807, 2.05) is 24.3 Å². The van der Waals surface area contributed by atoms with Crippen molar-refractivity contribution < 1.29 is 19.4 Å². The van der Waals surface area contributed by atoms with Crippen LogP contribution in [0.4, 0.5) is 0 Å². The molecule has 3 rings (SSSR count). The highest BCUT2D eigenvalue weighted by Gasteiger charge is 2.25. The number of hydrogen-bond donors (Lipinski definition) is 4. The largest absolute Gasteiger partial charge is 0.494 e. The number of amides is 2. The summed E-state index contributed by atoms with van der Waals surface area (Å²) in [6.45, 7) is 10.4. The molecule has 2 aromatic carbocycles. The zero-order chi connectivity index (χ0) is 26.8. The second-order valence-electron chi connectivity index (χ2n) is 11.1. The summed E-state index contributed by atoms with van der Waals surface area (Å²) >= 11 is 0. The summed E-state index contributed by atoms with van der Waals surface area (Å²) in [6.07, 6.45) is 1.38. The van der Waals surface area contributed by atoms with Crippen LogP contribution in [-0.4, -0.2) is 48.8 Å². The Morgan fingerprint density at radius 1 is 1.08 bits per heavy atom. The van der Waals surface area contributed by atoms with Gasteiger partial charge in [0.15, 0.2) is 0 Å². The van der Waals surface area contributed by atoms with E-state index in [4.69, 9.17) is 4.74 Å². The highest BCUT2D eigenvalue weighted by molar-refractivity contribution is 5.85. The lowest BCUT2D eigenvalue weighted by Gasteiger charge is -2.26. The smallest absolute Gasteiger partial charge is 0.223 e. The molecule has 7 nitrogen and oxygen atoms in total. The first kappa shape index (κ1) is 28.7. The van der Waals surface area contributed by atoms with Crippen LogP contribution in [-0.2, 0) is 28.0 Å². The molecule has 0 fully saturated rings. The fourth-order valence-corrected chi connectivity index (χ4v) is 4.37. The van der Waals surface area contributed by atoms with Gasteiger partial charge in [-0.15, -0.1) is 0 Å². The number of carbonyl (C=O) groups excluding carboxylic acids is 2. The number of hydrogen-bond acceptors (Lipinski definition) is 5. The third-order valence-corrected chi connectivity index (χ3v) is 6.72. The zero-order valence-electron chi connectivity index (χ0n) is 22.7. The van der Waals surface area contributed by atoms with Crippen LogP contribution in [0.1, 0.15) is 63.6 Å². The van der Waals surface area contributed by atoms with Crippen LogP contribution in [0.3, 0.4) is 0 Å². The van der Waals surface area contributed by atoms with Gasteiger partial charge in [-0.3, -0.25) is 9.59 Å². The van der Waals surface area contributed by atoms with Crippen molar-refractivity contribution in [3.05, 3.63) is 65.2 Å². The summed E-state index contributed by atoms with van der Waals surface area (Å²) in [5, 5.41) is 20.4. The molecule has 0 radical (unpaired) electrons. The minimum absolute atomic E-state index is 0.0648. The Balaban J connectivity index is 1.70. The molecule has 37 heavy (non-hydrogen) atoms. The molecule has 1 heterocycles. The molecule has 2 bridgehead atoms. The molecule has 0 saturated carbocycles. The van der Waals surface area contributed by atoms with E-state index in [1.165, 1.54) is 5.56 Å². The van der Waals surface area contributed by atoms with Crippen LogP contribution in [0.25, 0.3) is 0 Å². The maximum Gasteiger partial charge on any atom is 0.223 e. The topological polar surface area (TPSA) is 99.7 Å². The fourth-order valence-electron chi connectivity index (χ4n) is 4.37. The third-order valence-electron chi connectivity index (χ3n) is 6.72. The van der Waals surface area contributed by atoms with Crippen LogP contribution in [0, 0.1) is 5.92 Å². The van der Waals surface area contributed by atoms with Gasteiger partial charge in [-0.05, 0) is 53.5 Å². The van der Waals surface area contributed by atoms with Crippen molar-refractivity contribution in [1.82, 2.24) is 16.0 Å². The lowest BCUT2D eigenvalue weighted by atomic mass is 9.86. The van der Waals surface area contributed by atoms with Gasteiger partial charge >= 0.3 is 0 Å². The highest BCUT2D eigenvalue weighted by Crippen LogP contribution is 2.23. The number of rotatable bonds is 5. The summed E-state index contributed by atoms with van der Waals surface area (Å²) in [6, 6.07) is 15.7. The molecule has 0 spiro atoms. The van der Waals surface area contributed by atoms with E-state index in [9.17, 15) is 14.7 Å². The van der Waals surface area contributed by atoms with E-state index >= 15 is 0 Å². The normalized spacial score (nSPS) is 20.9. The number of carbonyl (C=O) groups is 2. The van der Waals surface area contributed by atoms with E-state index in [-0.39, 0.29) is 23.7 Å². The Labute approximate surface area is 221 Å². The number of ether oxygens (including phenoxy) is 1. The molecule has 1 aliphatic heterocycles. The summed E-state index contributed by atoms with van der Waals surface area (Å²) in [5.74, 6) is -0.113. The van der Waals surface area contributed by atoms with Crippen LogP contribution >= 0.6 is 0 Å². The van der Waals surface area contributed by atoms with Gasteiger partial charge in [-0.25, -0.2) is 0 Å². The standard InChI is InChI=1S/C30H43N3O4/c1-21-15-28(35)32-13-5-6-14-37-25-12-8-9-22(17-25)18-26(33-29(21)36)27(34)20-31-19-23-10-7-11-24(16-23)30(2,3)4/h7-12,16-17,21,26-27,31,34H,5-6,13-15,18-20H2,1-4H3,(H,32,35)(H,33,36)/t21-,26+,27-/m1/s1. The molecule has 3 atom stereocenters. The Bertz CT molecular complexity index is 1030. The first-order valence-corrected chi connectivity index (χ1v) is 13.4. The molecule has 1 aliphatic rings. The van der Waals surface area contributed by atoms with E-state index in [0.717, 1.165) is 29.7 Å².